The molecular weight excluding hydrogens is 362 g/mol. The number of carbonyl (C=O) groups excluding carboxylic acids is 1. The summed E-state index contributed by atoms with van der Waals surface area (Å²) in [5.74, 6) is 0.323. The molecule has 1 fully saturated rings. The van der Waals surface area contributed by atoms with Crippen LogP contribution < -0.4 is 10.1 Å². The van der Waals surface area contributed by atoms with Gasteiger partial charge in [-0.05, 0) is 37.0 Å². The Morgan fingerprint density at radius 3 is 2.52 bits per heavy atom. The molecule has 3 unspecified atom stereocenters. The average molecular weight is 392 g/mol. The zero-order valence-corrected chi connectivity index (χ0v) is 17.3. The van der Waals surface area contributed by atoms with E-state index in [-0.39, 0.29) is 17.9 Å². The molecule has 0 aromatic heterocycles. The van der Waals surface area contributed by atoms with E-state index in [1.807, 2.05) is 26.0 Å². The maximum atomic E-state index is 13.0. The minimum Gasteiger partial charge on any atom is -0.479 e. The van der Waals surface area contributed by atoms with Crippen LogP contribution in [0.3, 0.4) is 0 Å². The molecule has 0 aliphatic carbocycles. The zero-order valence-electron chi connectivity index (χ0n) is 17.3. The number of carbonyl (C=O) groups is 1. The van der Waals surface area contributed by atoms with Crippen molar-refractivity contribution >= 4 is 5.91 Å². The Kier molecular flexibility index (Phi) is 6.90. The van der Waals surface area contributed by atoms with E-state index in [9.17, 15) is 10.1 Å². The normalized spacial score (nSPS) is 18.8. The maximum Gasteiger partial charge on any atom is 0.261 e. The monoisotopic (exact) mass is 391 g/mol. The number of hydrogen-bond donors (Lipinski definition) is 1. The SMILES string of the molecule is CC(C)C(Oc1ccccc1C#N)C(=O)NC1CCN(C(C)c2ccccc2)C1. The lowest BCUT2D eigenvalue weighted by Gasteiger charge is -2.26. The number of nitrogens with one attached hydrogen (secondary N) is 1. The quantitative estimate of drug-likeness (QED) is 0.777. The van der Waals surface area contributed by atoms with Crippen LogP contribution in [0.5, 0.6) is 5.75 Å². The summed E-state index contributed by atoms with van der Waals surface area (Å²) in [5.41, 5.74) is 1.73. The van der Waals surface area contributed by atoms with Gasteiger partial charge < -0.3 is 10.1 Å². The van der Waals surface area contributed by atoms with Crippen molar-refractivity contribution < 1.29 is 9.53 Å². The van der Waals surface area contributed by atoms with Gasteiger partial charge in [0.05, 0.1) is 5.56 Å². The summed E-state index contributed by atoms with van der Waals surface area (Å²) >= 11 is 0. The molecule has 0 spiro atoms. The lowest BCUT2D eigenvalue weighted by atomic mass is 10.1. The summed E-state index contributed by atoms with van der Waals surface area (Å²) in [6.07, 6.45) is 0.285. The van der Waals surface area contributed by atoms with Crippen LogP contribution in [0.2, 0.25) is 0 Å². The van der Waals surface area contributed by atoms with Gasteiger partial charge >= 0.3 is 0 Å². The van der Waals surface area contributed by atoms with E-state index < -0.39 is 6.10 Å². The minimum absolute atomic E-state index is 0.0116. The second-order valence-electron chi connectivity index (χ2n) is 7.97. The number of nitrogens with zero attached hydrogens (tertiary/aromatic N) is 2. The Labute approximate surface area is 173 Å². The van der Waals surface area contributed by atoms with Crippen LogP contribution in [0.1, 0.15) is 44.4 Å². The molecule has 5 nitrogen and oxygen atoms in total. The van der Waals surface area contributed by atoms with E-state index in [1.54, 1.807) is 18.2 Å². The molecule has 0 radical (unpaired) electrons. The van der Waals surface area contributed by atoms with Gasteiger partial charge in [-0.2, -0.15) is 5.26 Å². The number of nitriles is 1. The highest BCUT2D eigenvalue weighted by atomic mass is 16.5. The van der Waals surface area contributed by atoms with Crippen LogP contribution in [-0.2, 0) is 4.79 Å². The van der Waals surface area contributed by atoms with E-state index in [0.29, 0.717) is 17.4 Å². The fraction of sp³-hybridized carbons (Fsp3) is 0.417. The van der Waals surface area contributed by atoms with Crippen LogP contribution in [0.15, 0.2) is 54.6 Å². The van der Waals surface area contributed by atoms with Crippen LogP contribution in [-0.4, -0.2) is 36.0 Å². The number of ether oxygens (including phenoxy) is 1. The van der Waals surface area contributed by atoms with Gasteiger partial charge in [-0.3, -0.25) is 9.69 Å². The standard InChI is InChI=1S/C24H29N3O2/c1-17(2)23(29-22-12-8-7-11-20(22)15-25)24(28)26-21-13-14-27(16-21)18(3)19-9-5-4-6-10-19/h4-12,17-18,21,23H,13-14,16H2,1-3H3,(H,26,28). The highest BCUT2D eigenvalue weighted by Crippen LogP contribution is 2.25. The lowest BCUT2D eigenvalue weighted by Crippen LogP contribution is -2.47. The topological polar surface area (TPSA) is 65.4 Å². The first-order valence-corrected chi connectivity index (χ1v) is 10.2. The van der Waals surface area contributed by atoms with Crippen molar-refractivity contribution in [3.05, 3.63) is 65.7 Å². The molecule has 2 aromatic carbocycles. The Balaban J connectivity index is 1.61. The third kappa shape index (κ3) is 5.16. The molecule has 3 rings (SSSR count). The Morgan fingerprint density at radius 1 is 1.14 bits per heavy atom. The van der Waals surface area contributed by atoms with E-state index in [2.05, 4.69) is 47.5 Å². The van der Waals surface area contributed by atoms with Gasteiger partial charge in [-0.1, -0.05) is 56.3 Å². The van der Waals surface area contributed by atoms with Crippen LogP contribution in [0.4, 0.5) is 0 Å². The Morgan fingerprint density at radius 2 is 1.83 bits per heavy atom. The molecule has 1 N–H and O–H groups in total. The third-order valence-electron chi connectivity index (χ3n) is 5.52. The molecule has 1 heterocycles. The number of hydrogen-bond acceptors (Lipinski definition) is 4. The predicted octanol–water partition coefficient (Wildman–Crippen LogP) is 3.91. The van der Waals surface area contributed by atoms with Crippen molar-refractivity contribution in [1.29, 1.82) is 5.26 Å². The smallest absolute Gasteiger partial charge is 0.261 e. The van der Waals surface area contributed by atoms with Gasteiger partial charge in [0.2, 0.25) is 0 Å². The third-order valence-corrected chi connectivity index (χ3v) is 5.52. The molecule has 152 valence electrons. The molecule has 1 amide bonds. The lowest BCUT2D eigenvalue weighted by molar-refractivity contribution is -0.130. The zero-order chi connectivity index (χ0) is 20.8. The van der Waals surface area contributed by atoms with E-state index in [0.717, 1.165) is 19.5 Å². The molecule has 1 aliphatic rings. The summed E-state index contributed by atoms with van der Waals surface area (Å²) in [6.45, 7) is 7.89. The van der Waals surface area contributed by atoms with Crippen LogP contribution in [0.25, 0.3) is 0 Å². The molecule has 1 saturated heterocycles. The van der Waals surface area contributed by atoms with E-state index in [4.69, 9.17) is 4.74 Å². The van der Waals surface area contributed by atoms with Gasteiger partial charge in [-0.15, -0.1) is 0 Å². The fourth-order valence-corrected chi connectivity index (χ4v) is 3.77. The van der Waals surface area contributed by atoms with Crippen molar-refractivity contribution in [2.45, 2.75) is 45.4 Å². The van der Waals surface area contributed by atoms with E-state index >= 15 is 0 Å². The first-order chi connectivity index (χ1) is 14.0. The maximum absolute atomic E-state index is 13.0. The summed E-state index contributed by atoms with van der Waals surface area (Å²) < 4.78 is 5.97. The molecule has 1 aliphatic heterocycles. The summed E-state index contributed by atoms with van der Waals surface area (Å²) in [7, 11) is 0. The van der Waals surface area contributed by atoms with Gasteiger partial charge in [0.15, 0.2) is 6.10 Å². The molecule has 0 bridgehead atoms. The molecule has 29 heavy (non-hydrogen) atoms. The summed E-state index contributed by atoms with van der Waals surface area (Å²) in [5, 5.41) is 12.4. The molecule has 5 heteroatoms. The fourth-order valence-electron chi connectivity index (χ4n) is 3.77. The van der Waals surface area contributed by atoms with Gasteiger partial charge in [-0.25, -0.2) is 0 Å². The summed E-state index contributed by atoms with van der Waals surface area (Å²) in [4.78, 5) is 15.4. The number of likely N-dealkylation sites (tertiary alicyclic amines) is 1. The van der Waals surface area contributed by atoms with Gasteiger partial charge in [0.25, 0.3) is 5.91 Å². The number of rotatable bonds is 7. The van der Waals surface area contributed by atoms with Crippen molar-refractivity contribution in [3.63, 3.8) is 0 Å². The van der Waals surface area contributed by atoms with Gasteiger partial charge in [0.1, 0.15) is 11.8 Å². The first-order valence-electron chi connectivity index (χ1n) is 10.2. The molecular formula is C24H29N3O2. The van der Waals surface area contributed by atoms with Crippen LogP contribution in [0, 0.1) is 17.2 Å². The first kappa shape index (κ1) is 20.9. The van der Waals surface area contributed by atoms with Crippen molar-refractivity contribution in [1.82, 2.24) is 10.2 Å². The number of para-hydroxylation sites is 1. The van der Waals surface area contributed by atoms with E-state index in [1.165, 1.54) is 5.56 Å². The second kappa shape index (κ2) is 9.58. The van der Waals surface area contributed by atoms with Crippen molar-refractivity contribution in [3.8, 4) is 11.8 Å². The van der Waals surface area contributed by atoms with Crippen molar-refractivity contribution in [2.75, 3.05) is 13.1 Å². The second-order valence-corrected chi connectivity index (χ2v) is 7.97. The largest absolute Gasteiger partial charge is 0.479 e. The van der Waals surface area contributed by atoms with Gasteiger partial charge in [0, 0.05) is 25.2 Å². The summed E-state index contributed by atoms with van der Waals surface area (Å²) in [6, 6.07) is 20.0. The molecule has 0 saturated carbocycles. The Bertz CT molecular complexity index is 860. The predicted molar refractivity (Wildman–Crippen MR) is 113 cm³/mol. The van der Waals surface area contributed by atoms with Crippen molar-refractivity contribution in [2.24, 2.45) is 5.92 Å². The van der Waals surface area contributed by atoms with Crippen LogP contribution >= 0.6 is 0 Å². The highest BCUT2D eigenvalue weighted by molar-refractivity contribution is 5.81. The minimum atomic E-state index is -0.634. The number of benzene rings is 2. The number of amides is 1. The molecule has 3 atom stereocenters. The Hall–Kier alpha value is -2.84. The highest BCUT2D eigenvalue weighted by Gasteiger charge is 2.31. The average Bonchev–Trinajstić information content (AvgIpc) is 3.20. The molecule has 2 aromatic rings.